The van der Waals surface area contributed by atoms with E-state index < -0.39 is 20.5 Å². The predicted octanol–water partition coefficient (Wildman–Crippen LogP) is 3.98. The van der Waals surface area contributed by atoms with Crippen LogP contribution in [0.3, 0.4) is 0 Å². The van der Waals surface area contributed by atoms with Crippen LogP contribution in [0.4, 0.5) is 0 Å². The molecule has 2 rings (SSSR count). The van der Waals surface area contributed by atoms with Crippen LogP contribution in [-0.2, 0) is 20.4 Å². The third kappa shape index (κ3) is 5.99. The molecular weight excluding hydrogens is 372 g/mol. The molecule has 0 amide bonds. The Morgan fingerprint density at radius 3 is 2.46 bits per heavy atom. The molecule has 1 heterocycles. The molecule has 0 fully saturated rings. The minimum absolute atomic E-state index is 0.0165. The lowest BCUT2D eigenvalue weighted by Crippen LogP contribution is -2.45. The van der Waals surface area contributed by atoms with Crippen molar-refractivity contribution in [1.82, 2.24) is 9.55 Å². The lowest BCUT2D eigenvalue weighted by molar-refractivity contribution is -0.0884. The first-order chi connectivity index (χ1) is 13.2. The summed E-state index contributed by atoms with van der Waals surface area (Å²) in [5.74, 6) is 0. The number of aliphatic hydroxyl groups excluding tert-OH is 1. The van der Waals surface area contributed by atoms with E-state index in [0.29, 0.717) is 6.54 Å². The van der Waals surface area contributed by atoms with Gasteiger partial charge < -0.3 is 23.6 Å². The molecular formula is C21H34N2O4Si. The highest BCUT2D eigenvalue weighted by molar-refractivity contribution is 6.74. The van der Waals surface area contributed by atoms with Gasteiger partial charge in [-0.25, -0.2) is 4.98 Å². The minimum Gasteiger partial charge on any atom is -0.406 e. The van der Waals surface area contributed by atoms with E-state index in [1.165, 1.54) is 0 Å². The van der Waals surface area contributed by atoms with E-state index in [-0.39, 0.29) is 18.4 Å². The summed E-state index contributed by atoms with van der Waals surface area (Å²) in [6.45, 7) is 11.8. The van der Waals surface area contributed by atoms with Crippen LogP contribution >= 0.6 is 0 Å². The summed E-state index contributed by atoms with van der Waals surface area (Å²) in [6.07, 6.45) is 2.22. The Balaban J connectivity index is 2.30. The number of ether oxygens (including phenoxy) is 2. The van der Waals surface area contributed by atoms with Crippen molar-refractivity contribution in [3.05, 3.63) is 54.1 Å². The topological polar surface area (TPSA) is 65.7 Å². The van der Waals surface area contributed by atoms with Crippen LogP contribution in [0.15, 0.2) is 42.9 Å². The molecule has 0 spiro atoms. The Labute approximate surface area is 169 Å². The molecule has 6 nitrogen and oxygen atoms in total. The number of methoxy groups -OCH3 is 1. The molecule has 0 saturated heterocycles. The molecule has 0 aliphatic heterocycles. The van der Waals surface area contributed by atoms with Crippen LogP contribution in [0.25, 0.3) is 0 Å². The first-order valence-electron chi connectivity index (χ1n) is 9.62. The molecule has 0 aliphatic rings. The van der Waals surface area contributed by atoms with Gasteiger partial charge in [0.15, 0.2) is 8.32 Å². The molecule has 0 radical (unpaired) electrons. The summed E-state index contributed by atoms with van der Waals surface area (Å²) in [4.78, 5) is 4.33. The van der Waals surface area contributed by atoms with Gasteiger partial charge in [0.2, 0.25) is 0 Å². The van der Waals surface area contributed by atoms with Crippen molar-refractivity contribution in [1.29, 1.82) is 0 Å². The Hall–Kier alpha value is -1.51. The van der Waals surface area contributed by atoms with Crippen molar-refractivity contribution in [2.45, 2.75) is 57.7 Å². The van der Waals surface area contributed by atoms with Gasteiger partial charge in [-0.1, -0.05) is 51.1 Å². The van der Waals surface area contributed by atoms with Gasteiger partial charge in [-0.05, 0) is 23.7 Å². The maximum Gasteiger partial charge on any atom is 0.193 e. The predicted molar refractivity (Wildman–Crippen MR) is 113 cm³/mol. The Morgan fingerprint density at radius 2 is 1.86 bits per heavy atom. The molecule has 156 valence electrons. The van der Waals surface area contributed by atoms with Gasteiger partial charge in [-0.3, -0.25) is 0 Å². The summed E-state index contributed by atoms with van der Waals surface area (Å²) in [5, 5.41) is 10.9. The molecule has 0 saturated carbocycles. The highest BCUT2D eigenvalue weighted by Gasteiger charge is 2.41. The number of rotatable bonds is 10. The highest BCUT2D eigenvalue weighted by Crippen LogP contribution is 2.40. The first kappa shape index (κ1) is 22.8. The monoisotopic (exact) mass is 406 g/mol. The summed E-state index contributed by atoms with van der Waals surface area (Å²) < 4.78 is 19.0. The molecule has 0 aliphatic carbocycles. The first-order valence-corrected chi connectivity index (χ1v) is 12.5. The van der Waals surface area contributed by atoms with Crippen LogP contribution in [-0.4, -0.2) is 49.6 Å². The van der Waals surface area contributed by atoms with Crippen LogP contribution in [0, 0.1) is 0 Å². The largest absolute Gasteiger partial charge is 0.406 e. The van der Waals surface area contributed by atoms with Gasteiger partial charge in [-0.15, -0.1) is 0 Å². The zero-order chi connectivity index (χ0) is 20.8. The van der Waals surface area contributed by atoms with Crippen molar-refractivity contribution in [2.24, 2.45) is 0 Å². The smallest absolute Gasteiger partial charge is 0.193 e. The number of benzene rings is 1. The molecule has 2 aromatic rings. The van der Waals surface area contributed by atoms with E-state index in [4.69, 9.17) is 13.9 Å². The van der Waals surface area contributed by atoms with E-state index in [1.54, 1.807) is 19.6 Å². The van der Waals surface area contributed by atoms with Gasteiger partial charge in [0.25, 0.3) is 0 Å². The minimum atomic E-state index is -2.14. The maximum absolute atomic E-state index is 10.9. The number of hydrogen-bond donors (Lipinski definition) is 1. The maximum atomic E-state index is 10.9. The van der Waals surface area contributed by atoms with Crippen LogP contribution < -0.4 is 0 Å². The number of nitrogens with zero attached hydrogens (tertiary/aromatic N) is 2. The van der Waals surface area contributed by atoms with Gasteiger partial charge in [0.1, 0.15) is 19.0 Å². The molecule has 1 N–H and O–H groups in total. The number of imidazole rings is 1. The second-order valence-corrected chi connectivity index (χ2v) is 13.3. The SMILES string of the molecule is COCOC[C@H](O)[C@@H](O[Si](C)(C)C(C)(C)C)c1cncn1Cc1ccccc1. The zero-order valence-corrected chi connectivity index (χ0v) is 18.9. The third-order valence-corrected chi connectivity index (χ3v) is 9.75. The Morgan fingerprint density at radius 1 is 1.18 bits per heavy atom. The average Bonchev–Trinajstić information content (AvgIpc) is 3.07. The summed E-state index contributed by atoms with van der Waals surface area (Å²) >= 11 is 0. The highest BCUT2D eigenvalue weighted by atomic mass is 28.4. The van der Waals surface area contributed by atoms with Gasteiger partial charge in [0.05, 0.1) is 24.8 Å². The Kier molecular flexibility index (Phi) is 7.97. The number of aromatic nitrogens is 2. The Bertz CT molecular complexity index is 713. The van der Waals surface area contributed by atoms with Gasteiger partial charge >= 0.3 is 0 Å². The van der Waals surface area contributed by atoms with Crippen molar-refractivity contribution >= 4 is 8.32 Å². The molecule has 0 unspecified atom stereocenters. The van der Waals surface area contributed by atoms with Crippen LogP contribution in [0.1, 0.15) is 38.1 Å². The zero-order valence-electron chi connectivity index (χ0n) is 17.9. The molecule has 7 heteroatoms. The van der Waals surface area contributed by atoms with E-state index in [1.807, 2.05) is 22.8 Å². The van der Waals surface area contributed by atoms with E-state index >= 15 is 0 Å². The lowest BCUT2D eigenvalue weighted by atomic mass is 10.1. The third-order valence-electron chi connectivity index (χ3n) is 5.30. The van der Waals surface area contributed by atoms with Crippen molar-refractivity contribution in [2.75, 3.05) is 20.5 Å². The standard InChI is InChI=1S/C21H34N2O4Si/c1-21(2,3)28(5,6)27-20(19(24)14-26-16-25-4)18-12-22-15-23(18)13-17-10-8-7-9-11-17/h7-12,15,19-20,24H,13-14,16H2,1-6H3/t19-,20-/m0/s1. The molecule has 1 aromatic carbocycles. The summed E-state index contributed by atoms with van der Waals surface area (Å²) in [5.41, 5.74) is 2.01. The summed E-state index contributed by atoms with van der Waals surface area (Å²) in [6, 6.07) is 10.2. The van der Waals surface area contributed by atoms with Crippen LogP contribution in [0.5, 0.6) is 0 Å². The van der Waals surface area contributed by atoms with E-state index in [0.717, 1.165) is 11.3 Å². The molecule has 1 aromatic heterocycles. The van der Waals surface area contributed by atoms with Crippen molar-refractivity contribution in [3.63, 3.8) is 0 Å². The van der Waals surface area contributed by atoms with Gasteiger partial charge in [0, 0.05) is 13.7 Å². The van der Waals surface area contributed by atoms with Gasteiger partial charge in [-0.2, -0.15) is 0 Å². The quantitative estimate of drug-likeness (QED) is 0.367. The van der Waals surface area contributed by atoms with Crippen molar-refractivity contribution < 1.29 is 19.0 Å². The number of aliphatic hydroxyl groups is 1. The average molecular weight is 407 g/mol. The van der Waals surface area contributed by atoms with E-state index in [9.17, 15) is 5.11 Å². The van der Waals surface area contributed by atoms with Crippen LogP contribution in [0.2, 0.25) is 18.1 Å². The lowest BCUT2D eigenvalue weighted by Gasteiger charge is -2.40. The second-order valence-electron chi connectivity index (χ2n) is 8.58. The van der Waals surface area contributed by atoms with Crippen molar-refractivity contribution in [3.8, 4) is 0 Å². The number of hydrogen-bond acceptors (Lipinski definition) is 5. The van der Waals surface area contributed by atoms with E-state index in [2.05, 4.69) is 51.0 Å². The second kappa shape index (κ2) is 9.80. The molecule has 2 atom stereocenters. The summed E-state index contributed by atoms with van der Waals surface area (Å²) in [7, 11) is -0.577. The normalized spacial score (nSPS) is 14.8. The molecule has 0 bridgehead atoms. The fraction of sp³-hybridized carbons (Fsp3) is 0.571. The molecule has 28 heavy (non-hydrogen) atoms. The fourth-order valence-corrected chi connectivity index (χ4v) is 3.92. The fourth-order valence-electron chi connectivity index (χ4n) is 2.65.